The van der Waals surface area contributed by atoms with E-state index in [1.165, 1.54) is 12.8 Å². The molecular weight excluding hydrogens is 188 g/mol. The van der Waals surface area contributed by atoms with Gasteiger partial charge in [-0.15, -0.1) is 0 Å². The van der Waals surface area contributed by atoms with Crippen LogP contribution in [0.4, 0.5) is 0 Å². The Morgan fingerprint density at radius 1 is 1.47 bits per heavy atom. The van der Waals surface area contributed by atoms with Crippen LogP contribution in [0.1, 0.15) is 46.5 Å². The molecule has 3 heteroatoms. The van der Waals surface area contributed by atoms with Gasteiger partial charge in [0.2, 0.25) is 5.91 Å². The molecule has 0 spiro atoms. The summed E-state index contributed by atoms with van der Waals surface area (Å²) in [6.07, 6.45) is 4.48. The van der Waals surface area contributed by atoms with Gasteiger partial charge in [-0.3, -0.25) is 4.79 Å². The van der Waals surface area contributed by atoms with Gasteiger partial charge in [0.1, 0.15) is 0 Å². The number of amides is 1. The van der Waals surface area contributed by atoms with Crippen molar-refractivity contribution in [3.8, 4) is 0 Å². The van der Waals surface area contributed by atoms with Crippen molar-refractivity contribution in [3.63, 3.8) is 0 Å². The molecule has 0 aromatic rings. The van der Waals surface area contributed by atoms with Crippen LogP contribution in [0.15, 0.2) is 0 Å². The van der Waals surface area contributed by atoms with Crippen LogP contribution in [0.5, 0.6) is 0 Å². The van der Waals surface area contributed by atoms with Gasteiger partial charge in [-0.2, -0.15) is 0 Å². The molecule has 1 fully saturated rings. The first kappa shape index (κ1) is 12.5. The van der Waals surface area contributed by atoms with E-state index < -0.39 is 0 Å². The predicted molar refractivity (Wildman–Crippen MR) is 62.4 cm³/mol. The smallest absolute Gasteiger partial charge is 0.223 e. The Balaban J connectivity index is 2.54. The summed E-state index contributed by atoms with van der Waals surface area (Å²) in [5.74, 6) is 0.802. The van der Waals surface area contributed by atoms with E-state index in [0.29, 0.717) is 12.5 Å². The molecule has 0 aromatic heterocycles. The number of hydrogen-bond donors (Lipinski definition) is 2. The van der Waals surface area contributed by atoms with Crippen LogP contribution in [0.3, 0.4) is 0 Å². The molecule has 1 aliphatic carbocycles. The van der Waals surface area contributed by atoms with Gasteiger partial charge in [-0.1, -0.05) is 26.7 Å². The molecule has 15 heavy (non-hydrogen) atoms. The Hall–Kier alpha value is -0.570. The average Bonchev–Trinajstić information content (AvgIpc) is 2.70. The Morgan fingerprint density at radius 3 is 2.40 bits per heavy atom. The number of carbonyl (C=O) groups is 1. The molecule has 0 heterocycles. The third kappa shape index (κ3) is 2.94. The third-order valence-electron chi connectivity index (χ3n) is 3.83. The number of nitrogens with two attached hydrogens (primary N) is 1. The molecule has 1 atom stereocenters. The lowest BCUT2D eigenvalue weighted by molar-refractivity contribution is -0.127. The second-order valence-corrected chi connectivity index (χ2v) is 5.25. The van der Waals surface area contributed by atoms with Crippen LogP contribution >= 0.6 is 0 Å². The quantitative estimate of drug-likeness (QED) is 0.744. The predicted octanol–water partition coefficient (Wildman–Crippen LogP) is 1.67. The molecule has 0 bridgehead atoms. The van der Waals surface area contributed by atoms with E-state index in [-0.39, 0.29) is 17.4 Å². The minimum absolute atomic E-state index is 0.203. The topological polar surface area (TPSA) is 55.1 Å². The van der Waals surface area contributed by atoms with Gasteiger partial charge in [-0.25, -0.2) is 0 Å². The summed E-state index contributed by atoms with van der Waals surface area (Å²) in [6, 6.07) is 0. The molecule has 1 unspecified atom stereocenters. The van der Waals surface area contributed by atoms with Gasteiger partial charge in [-0.05, 0) is 25.7 Å². The van der Waals surface area contributed by atoms with E-state index >= 15 is 0 Å². The second kappa shape index (κ2) is 4.97. The van der Waals surface area contributed by atoms with Crippen molar-refractivity contribution in [2.75, 3.05) is 6.54 Å². The van der Waals surface area contributed by atoms with Crippen molar-refractivity contribution in [2.45, 2.75) is 52.0 Å². The Kier molecular flexibility index (Phi) is 4.14. The highest BCUT2D eigenvalue weighted by Gasteiger charge is 2.32. The molecule has 1 amide bonds. The van der Waals surface area contributed by atoms with Crippen molar-refractivity contribution in [1.82, 2.24) is 5.32 Å². The van der Waals surface area contributed by atoms with E-state index in [4.69, 9.17) is 5.73 Å². The first-order valence-corrected chi connectivity index (χ1v) is 6.01. The molecule has 0 aliphatic heterocycles. The van der Waals surface area contributed by atoms with Crippen molar-refractivity contribution in [3.05, 3.63) is 0 Å². The molecule has 88 valence electrons. The summed E-state index contributed by atoms with van der Waals surface area (Å²) >= 11 is 0. The molecular formula is C12H24N2O. The van der Waals surface area contributed by atoms with E-state index in [2.05, 4.69) is 19.2 Å². The summed E-state index contributed by atoms with van der Waals surface area (Å²) in [6.45, 7) is 6.73. The van der Waals surface area contributed by atoms with Gasteiger partial charge in [0, 0.05) is 12.5 Å². The maximum atomic E-state index is 12.0. The fourth-order valence-corrected chi connectivity index (χ4v) is 2.00. The highest BCUT2D eigenvalue weighted by molar-refractivity contribution is 5.79. The lowest BCUT2D eigenvalue weighted by atomic mass is 9.87. The summed E-state index contributed by atoms with van der Waals surface area (Å²) in [5, 5.41) is 3.12. The monoisotopic (exact) mass is 212 g/mol. The first-order valence-electron chi connectivity index (χ1n) is 6.01. The maximum absolute atomic E-state index is 12.0. The van der Waals surface area contributed by atoms with Gasteiger partial charge in [0.15, 0.2) is 0 Å². The first-order chi connectivity index (χ1) is 6.99. The van der Waals surface area contributed by atoms with Crippen LogP contribution in [0.2, 0.25) is 0 Å². The standard InChI is InChI=1S/C12H24N2O/c1-9(2)12(3,8-13)14-11(15)10-6-4-5-7-10/h9-10H,4-8,13H2,1-3H3,(H,14,15). The zero-order chi connectivity index (χ0) is 11.5. The minimum Gasteiger partial charge on any atom is -0.349 e. The van der Waals surface area contributed by atoms with Crippen molar-refractivity contribution in [2.24, 2.45) is 17.6 Å². The summed E-state index contributed by atoms with van der Waals surface area (Å²) in [4.78, 5) is 12.0. The third-order valence-corrected chi connectivity index (χ3v) is 3.83. The van der Waals surface area contributed by atoms with Gasteiger partial charge >= 0.3 is 0 Å². The zero-order valence-electron chi connectivity index (χ0n) is 10.2. The minimum atomic E-state index is -0.250. The van der Waals surface area contributed by atoms with E-state index in [0.717, 1.165) is 12.8 Å². The van der Waals surface area contributed by atoms with Crippen LogP contribution in [-0.2, 0) is 4.79 Å². The van der Waals surface area contributed by atoms with Gasteiger partial charge in [0.25, 0.3) is 0 Å². The lowest BCUT2D eigenvalue weighted by Gasteiger charge is -2.34. The highest BCUT2D eigenvalue weighted by Crippen LogP contribution is 2.26. The fourth-order valence-electron chi connectivity index (χ4n) is 2.00. The molecule has 3 nitrogen and oxygen atoms in total. The fraction of sp³-hybridized carbons (Fsp3) is 0.917. The summed E-state index contributed by atoms with van der Waals surface area (Å²) in [5.41, 5.74) is 5.49. The SMILES string of the molecule is CC(C)C(C)(CN)NC(=O)C1CCCC1. The highest BCUT2D eigenvalue weighted by atomic mass is 16.2. The van der Waals surface area contributed by atoms with Crippen LogP contribution < -0.4 is 11.1 Å². The molecule has 0 radical (unpaired) electrons. The molecule has 1 aliphatic rings. The molecule has 0 aromatic carbocycles. The lowest BCUT2D eigenvalue weighted by Crippen LogP contribution is -2.56. The van der Waals surface area contributed by atoms with Crippen molar-refractivity contribution < 1.29 is 4.79 Å². The molecule has 3 N–H and O–H groups in total. The normalized spacial score (nSPS) is 21.7. The number of carbonyl (C=O) groups excluding carboxylic acids is 1. The van der Waals surface area contributed by atoms with E-state index in [1.54, 1.807) is 0 Å². The zero-order valence-corrected chi connectivity index (χ0v) is 10.2. The Bertz CT molecular complexity index is 222. The van der Waals surface area contributed by atoms with E-state index in [9.17, 15) is 4.79 Å². The number of rotatable bonds is 4. The summed E-state index contributed by atoms with van der Waals surface area (Å²) < 4.78 is 0. The van der Waals surface area contributed by atoms with Crippen molar-refractivity contribution in [1.29, 1.82) is 0 Å². The molecule has 1 rings (SSSR count). The van der Waals surface area contributed by atoms with Gasteiger partial charge in [0.05, 0.1) is 5.54 Å². The number of hydrogen-bond acceptors (Lipinski definition) is 2. The molecule has 1 saturated carbocycles. The van der Waals surface area contributed by atoms with Crippen LogP contribution in [-0.4, -0.2) is 18.0 Å². The van der Waals surface area contributed by atoms with Crippen LogP contribution in [0, 0.1) is 11.8 Å². The largest absolute Gasteiger partial charge is 0.349 e. The summed E-state index contributed by atoms with van der Waals surface area (Å²) in [7, 11) is 0. The average molecular weight is 212 g/mol. The Morgan fingerprint density at radius 2 is 2.00 bits per heavy atom. The number of nitrogens with one attached hydrogen (secondary N) is 1. The Labute approximate surface area is 92.8 Å². The molecule has 0 saturated heterocycles. The second-order valence-electron chi connectivity index (χ2n) is 5.25. The van der Waals surface area contributed by atoms with Crippen LogP contribution in [0.25, 0.3) is 0 Å². The van der Waals surface area contributed by atoms with Crippen molar-refractivity contribution >= 4 is 5.91 Å². The van der Waals surface area contributed by atoms with E-state index in [1.807, 2.05) is 6.92 Å². The maximum Gasteiger partial charge on any atom is 0.223 e. The van der Waals surface area contributed by atoms with Gasteiger partial charge < -0.3 is 11.1 Å².